The van der Waals surface area contributed by atoms with Crippen LogP contribution in [-0.4, -0.2) is 37.9 Å². The summed E-state index contributed by atoms with van der Waals surface area (Å²) in [5.41, 5.74) is 0.765. The number of aliphatic hydroxyl groups excluding tert-OH is 1. The highest BCUT2D eigenvalue weighted by Gasteiger charge is 2.17. The van der Waals surface area contributed by atoms with Gasteiger partial charge in [0.15, 0.2) is 0 Å². The Labute approximate surface area is 100 Å². The average molecular weight is 239 g/mol. The fourth-order valence-electron chi connectivity index (χ4n) is 1.32. The lowest BCUT2D eigenvalue weighted by Crippen LogP contribution is -2.40. The molecule has 0 aliphatic carbocycles. The fraction of sp³-hybridized carbons (Fsp3) is 0.417. The van der Waals surface area contributed by atoms with Crippen molar-refractivity contribution in [3.05, 3.63) is 29.8 Å². The Hall–Kier alpha value is -1.59. The molecule has 94 valence electrons. The predicted molar refractivity (Wildman–Crippen MR) is 62.7 cm³/mol. The summed E-state index contributed by atoms with van der Waals surface area (Å²) < 4.78 is 10.1. The first kappa shape index (κ1) is 13.5. The van der Waals surface area contributed by atoms with Crippen LogP contribution in [0.15, 0.2) is 24.3 Å². The third kappa shape index (κ3) is 4.05. The highest BCUT2D eigenvalue weighted by molar-refractivity contribution is 5.75. The molecule has 0 fully saturated rings. The fourth-order valence-corrected chi connectivity index (χ4v) is 1.32. The molecule has 0 aromatic heterocycles. The van der Waals surface area contributed by atoms with Gasteiger partial charge in [-0.1, -0.05) is 12.1 Å². The highest BCUT2D eigenvalue weighted by atomic mass is 16.5. The van der Waals surface area contributed by atoms with Gasteiger partial charge in [-0.05, 0) is 24.7 Å². The Morgan fingerprint density at radius 2 is 2.29 bits per heavy atom. The van der Waals surface area contributed by atoms with Gasteiger partial charge in [0.2, 0.25) is 0 Å². The summed E-state index contributed by atoms with van der Waals surface area (Å²) >= 11 is 0. The zero-order valence-corrected chi connectivity index (χ0v) is 9.97. The van der Waals surface area contributed by atoms with Crippen LogP contribution in [0.2, 0.25) is 0 Å². The lowest BCUT2D eigenvalue weighted by molar-refractivity contribution is -0.143. The Bertz CT molecular complexity index is 367. The molecule has 0 amide bonds. The molecule has 5 nitrogen and oxygen atoms in total. The van der Waals surface area contributed by atoms with Gasteiger partial charge in [-0.3, -0.25) is 4.79 Å². The maximum absolute atomic E-state index is 11.3. The molecule has 0 radical (unpaired) electrons. The normalized spacial score (nSPS) is 11.9. The lowest BCUT2D eigenvalue weighted by Gasteiger charge is -2.14. The minimum atomic E-state index is -0.502. The van der Waals surface area contributed by atoms with E-state index in [-0.39, 0.29) is 19.2 Å². The van der Waals surface area contributed by atoms with E-state index in [0.29, 0.717) is 5.75 Å². The van der Waals surface area contributed by atoms with Gasteiger partial charge >= 0.3 is 5.97 Å². The molecule has 5 heteroatoms. The SMILES string of the molecule is CNC(COc1cccc(CO)c1)C(=O)OC. The molecule has 2 N–H and O–H groups in total. The van der Waals surface area contributed by atoms with E-state index in [1.54, 1.807) is 31.3 Å². The predicted octanol–water partition coefficient (Wildman–Crippen LogP) is 0.319. The Morgan fingerprint density at radius 3 is 2.88 bits per heavy atom. The molecule has 0 saturated carbocycles. The van der Waals surface area contributed by atoms with Gasteiger partial charge < -0.3 is 19.9 Å². The molecule has 17 heavy (non-hydrogen) atoms. The molecule has 0 aliphatic heterocycles. The van der Waals surface area contributed by atoms with Crippen molar-refractivity contribution in [3.63, 3.8) is 0 Å². The van der Waals surface area contributed by atoms with Crippen LogP contribution < -0.4 is 10.1 Å². The molecule has 0 saturated heterocycles. The summed E-state index contributed by atoms with van der Waals surface area (Å²) in [6, 6.07) is 6.57. The number of methoxy groups -OCH3 is 1. The van der Waals surface area contributed by atoms with Crippen LogP contribution in [0.1, 0.15) is 5.56 Å². The van der Waals surface area contributed by atoms with Crippen LogP contribution in [0.25, 0.3) is 0 Å². The molecule has 0 bridgehead atoms. The van der Waals surface area contributed by atoms with Crippen LogP contribution in [0.3, 0.4) is 0 Å². The van der Waals surface area contributed by atoms with E-state index in [1.165, 1.54) is 7.11 Å². The van der Waals surface area contributed by atoms with Crippen molar-refractivity contribution in [1.82, 2.24) is 5.32 Å². The number of aliphatic hydroxyl groups is 1. The van der Waals surface area contributed by atoms with Crippen LogP contribution in [-0.2, 0) is 16.1 Å². The van der Waals surface area contributed by atoms with Gasteiger partial charge in [-0.25, -0.2) is 0 Å². The van der Waals surface area contributed by atoms with E-state index >= 15 is 0 Å². The molecule has 0 heterocycles. The van der Waals surface area contributed by atoms with E-state index in [1.807, 2.05) is 0 Å². The van der Waals surface area contributed by atoms with E-state index in [2.05, 4.69) is 10.1 Å². The maximum Gasteiger partial charge on any atom is 0.326 e. The van der Waals surface area contributed by atoms with Crippen LogP contribution in [0, 0.1) is 0 Å². The minimum absolute atomic E-state index is 0.0380. The average Bonchev–Trinajstić information content (AvgIpc) is 2.39. The molecule has 0 spiro atoms. The van der Waals surface area contributed by atoms with Crippen molar-refractivity contribution in [2.45, 2.75) is 12.6 Å². The smallest absolute Gasteiger partial charge is 0.326 e. The maximum atomic E-state index is 11.3. The van der Waals surface area contributed by atoms with Crippen molar-refractivity contribution in [1.29, 1.82) is 0 Å². The first-order chi connectivity index (χ1) is 8.21. The lowest BCUT2D eigenvalue weighted by atomic mass is 10.2. The number of esters is 1. The van der Waals surface area contributed by atoms with Crippen molar-refractivity contribution in [2.75, 3.05) is 20.8 Å². The van der Waals surface area contributed by atoms with Gasteiger partial charge in [-0.2, -0.15) is 0 Å². The number of carbonyl (C=O) groups is 1. The largest absolute Gasteiger partial charge is 0.491 e. The molecular formula is C12H17NO4. The zero-order chi connectivity index (χ0) is 12.7. The zero-order valence-electron chi connectivity index (χ0n) is 9.97. The third-order valence-electron chi connectivity index (χ3n) is 2.33. The molecule has 1 aromatic carbocycles. The van der Waals surface area contributed by atoms with Crippen LogP contribution in [0.4, 0.5) is 0 Å². The second kappa shape index (κ2) is 6.88. The third-order valence-corrected chi connectivity index (χ3v) is 2.33. The second-order valence-corrected chi connectivity index (χ2v) is 3.48. The van der Waals surface area contributed by atoms with Crippen molar-refractivity contribution in [3.8, 4) is 5.75 Å². The number of hydrogen-bond acceptors (Lipinski definition) is 5. The van der Waals surface area contributed by atoms with Crippen molar-refractivity contribution < 1.29 is 19.4 Å². The summed E-state index contributed by atoms with van der Waals surface area (Å²) in [6.45, 7) is 0.141. The van der Waals surface area contributed by atoms with Gasteiger partial charge in [0.25, 0.3) is 0 Å². The van der Waals surface area contributed by atoms with Crippen LogP contribution in [0.5, 0.6) is 5.75 Å². The summed E-state index contributed by atoms with van der Waals surface area (Å²) in [4.78, 5) is 11.3. The quantitative estimate of drug-likeness (QED) is 0.700. The summed E-state index contributed by atoms with van der Waals surface area (Å²) in [7, 11) is 2.99. The number of likely N-dealkylation sites (N-methyl/N-ethyl adjacent to an activating group) is 1. The topological polar surface area (TPSA) is 67.8 Å². The number of benzene rings is 1. The standard InChI is InChI=1S/C12H17NO4/c1-13-11(12(15)16-2)8-17-10-5-3-4-9(6-10)7-14/h3-6,11,13-14H,7-8H2,1-2H3. The molecule has 1 unspecified atom stereocenters. The van der Waals surface area contributed by atoms with Gasteiger partial charge in [-0.15, -0.1) is 0 Å². The van der Waals surface area contributed by atoms with E-state index < -0.39 is 6.04 Å². The molecule has 1 rings (SSSR count). The van der Waals surface area contributed by atoms with Crippen molar-refractivity contribution >= 4 is 5.97 Å². The summed E-state index contributed by atoms with van der Waals surface area (Å²) in [6.07, 6.45) is 0. The van der Waals surface area contributed by atoms with E-state index in [0.717, 1.165) is 5.56 Å². The number of carbonyl (C=O) groups excluding carboxylic acids is 1. The minimum Gasteiger partial charge on any atom is -0.491 e. The highest BCUT2D eigenvalue weighted by Crippen LogP contribution is 2.13. The first-order valence-corrected chi connectivity index (χ1v) is 5.29. The molecular weight excluding hydrogens is 222 g/mol. The molecule has 1 atom stereocenters. The van der Waals surface area contributed by atoms with E-state index in [4.69, 9.17) is 9.84 Å². The van der Waals surface area contributed by atoms with Gasteiger partial charge in [0.05, 0.1) is 13.7 Å². The Morgan fingerprint density at radius 1 is 1.53 bits per heavy atom. The van der Waals surface area contributed by atoms with Crippen LogP contribution >= 0.6 is 0 Å². The number of hydrogen-bond donors (Lipinski definition) is 2. The Balaban J connectivity index is 2.56. The molecule has 0 aliphatic rings. The van der Waals surface area contributed by atoms with Gasteiger partial charge in [0, 0.05) is 0 Å². The number of nitrogens with one attached hydrogen (secondary N) is 1. The van der Waals surface area contributed by atoms with E-state index in [9.17, 15) is 4.79 Å². The van der Waals surface area contributed by atoms with Gasteiger partial charge in [0.1, 0.15) is 18.4 Å². The summed E-state index contributed by atoms with van der Waals surface area (Å²) in [5, 5.41) is 11.8. The number of ether oxygens (including phenoxy) is 2. The Kier molecular flexibility index (Phi) is 5.45. The molecule has 1 aromatic rings. The van der Waals surface area contributed by atoms with Crippen molar-refractivity contribution in [2.24, 2.45) is 0 Å². The number of rotatable bonds is 6. The summed E-state index contributed by atoms with van der Waals surface area (Å²) in [5.74, 6) is 0.242. The monoisotopic (exact) mass is 239 g/mol. The second-order valence-electron chi connectivity index (χ2n) is 3.48. The first-order valence-electron chi connectivity index (χ1n) is 5.29.